The van der Waals surface area contributed by atoms with E-state index in [1.165, 1.54) is 30.4 Å². The smallest absolute Gasteiger partial charge is 0.261 e. The van der Waals surface area contributed by atoms with Gasteiger partial charge in [-0.3, -0.25) is 14.5 Å². The second-order valence-electron chi connectivity index (χ2n) is 6.10. The van der Waals surface area contributed by atoms with Gasteiger partial charge in [-0.25, -0.2) is 4.39 Å². The summed E-state index contributed by atoms with van der Waals surface area (Å²) in [5.74, 6) is -0.481. The molecule has 1 fully saturated rings. The molecule has 0 saturated carbocycles. The van der Waals surface area contributed by atoms with Crippen LogP contribution in [0.3, 0.4) is 0 Å². The van der Waals surface area contributed by atoms with Crippen LogP contribution in [0.2, 0.25) is 0 Å². The minimum atomic E-state index is -0.268. The Hall–Kier alpha value is -2.05. The predicted molar refractivity (Wildman–Crippen MR) is 92.0 cm³/mol. The second kappa shape index (κ2) is 6.83. The molecule has 1 aromatic heterocycles. The molecule has 0 bridgehead atoms. The van der Waals surface area contributed by atoms with Crippen LogP contribution in [-0.2, 0) is 0 Å². The van der Waals surface area contributed by atoms with Gasteiger partial charge in [0.15, 0.2) is 5.78 Å². The van der Waals surface area contributed by atoms with Crippen LogP contribution in [0.15, 0.2) is 35.7 Å². The average Bonchev–Trinajstić information content (AvgIpc) is 3.16. The first-order valence-corrected chi connectivity index (χ1v) is 8.69. The van der Waals surface area contributed by atoms with Crippen LogP contribution in [0.4, 0.5) is 4.39 Å². The molecule has 2 atom stereocenters. The molecule has 1 amide bonds. The van der Waals surface area contributed by atoms with Gasteiger partial charge in [0.25, 0.3) is 5.91 Å². The van der Waals surface area contributed by atoms with E-state index in [2.05, 4.69) is 10.2 Å². The molecule has 126 valence electrons. The summed E-state index contributed by atoms with van der Waals surface area (Å²) in [5, 5.41) is 4.77. The number of thiophene rings is 1. The zero-order valence-electron chi connectivity index (χ0n) is 13.6. The van der Waals surface area contributed by atoms with Crippen LogP contribution in [0.5, 0.6) is 0 Å². The Bertz CT molecular complexity index is 757. The van der Waals surface area contributed by atoms with E-state index >= 15 is 0 Å². The highest BCUT2D eigenvalue weighted by atomic mass is 32.1. The molecule has 2 unspecified atom stereocenters. The predicted octanol–water partition coefficient (Wildman–Crippen LogP) is 3.27. The summed E-state index contributed by atoms with van der Waals surface area (Å²) in [7, 11) is 2.00. The average molecular weight is 346 g/mol. The number of carbonyl (C=O) groups is 2. The first-order valence-electron chi connectivity index (χ1n) is 7.82. The molecule has 24 heavy (non-hydrogen) atoms. The lowest BCUT2D eigenvalue weighted by Gasteiger charge is -2.26. The third kappa shape index (κ3) is 3.39. The molecule has 3 rings (SSSR count). The van der Waals surface area contributed by atoms with Gasteiger partial charge in [0.1, 0.15) is 5.82 Å². The number of likely N-dealkylation sites (tertiary alicyclic amines) is 1. The number of rotatable bonds is 4. The number of amides is 1. The van der Waals surface area contributed by atoms with E-state index in [1.807, 2.05) is 7.05 Å². The summed E-state index contributed by atoms with van der Waals surface area (Å²) < 4.78 is 13.2. The first-order chi connectivity index (χ1) is 11.5. The maximum atomic E-state index is 13.2. The summed E-state index contributed by atoms with van der Waals surface area (Å²) in [4.78, 5) is 26.5. The molecule has 6 heteroatoms. The fraction of sp³-hybridized carbons (Fsp3) is 0.333. The SMILES string of the molecule is CC(=O)c1csc(C(=O)NC2CCN(C)C2c2ccc(F)cc2)c1. The van der Waals surface area contributed by atoms with Gasteiger partial charge in [0, 0.05) is 17.5 Å². The van der Waals surface area contributed by atoms with Crippen molar-refractivity contribution in [3.63, 3.8) is 0 Å². The van der Waals surface area contributed by atoms with Gasteiger partial charge in [-0.05, 0) is 44.2 Å². The Morgan fingerprint density at radius 2 is 2.00 bits per heavy atom. The van der Waals surface area contributed by atoms with Gasteiger partial charge >= 0.3 is 0 Å². The molecule has 2 heterocycles. The Morgan fingerprint density at radius 1 is 1.29 bits per heavy atom. The fourth-order valence-corrected chi connectivity index (χ4v) is 3.97. The fourth-order valence-electron chi connectivity index (χ4n) is 3.12. The van der Waals surface area contributed by atoms with E-state index in [9.17, 15) is 14.0 Å². The monoisotopic (exact) mass is 346 g/mol. The summed E-state index contributed by atoms with van der Waals surface area (Å²) in [5.41, 5.74) is 1.54. The maximum Gasteiger partial charge on any atom is 0.261 e. The molecule has 1 aliphatic rings. The van der Waals surface area contributed by atoms with Crippen molar-refractivity contribution < 1.29 is 14.0 Å². The number of hydrogen-bond acceptors (Lipinski definition) is 4. The second-order valence-corrected chi connectivity index (χ2v) is 7.01. The van der Waals surface area contributed by atoms with Crippen LogP contribution in [0, 0.1) is 5.82 Å². The van der Waals surface area contributed by atoms with Gasteiger partial charge in [-0.15, -0.1) is 11.3 Å². The van der Waals surface area contributed by atoms with Crippen molar-refractivity contribution in [3.05, 3.63) is 57.5 Å². The van der Waals surface area contributed by atoms with Crippen LogP contribution in [0.1, 0.15) is 45.0 Å². The van der Waals surface area contributed by atoms with Gasteiger partial charge in [-0.1, -0.05) is 12.1 Å². The first kappa shape index (κ1) is 16.8. The zero-order valence-corrected chi connectivity index (χ0v) is 14.4. The van der Waals surface area contributed by atoms with E-state index in [0.717, 1.165) is 18.5 Å². The molecular weight excluding hydrogens is 327 g/mol. The number of Topliss-reactive ketones (excluding diaryl/α,β-unsaturated/α-hetero) is 1. The number of halogens is 1. The largest absolute Gasteiger partial charge is 0.347 e. The topological polar surface area (TPSA) is 49.4 Å². The Morgan fingerprint density at radius 3 is 2.62 bits per heavy atom. The van der Waals surface area contributed by atoms with E-state index in [1.54, 1.807) is 23.6 Å². The number of benzene rings is 1. The Labute approximate surface area is 144 Å². The zero-order chi connectivity index (χ0) is 17.3. The molecule has 4 nitrogen and oxygen atoms in total. The summed E-state index contributed by atoms with van der Waals surface area (Å²) in [6.07, 6.45) is 0.829. The van der Waals surface area contributed by atoms with Gasteiger partial charge in [0.2, 0.25) is 0 Å². The number of ketones is 1. The van der Waals surface area contributed by atoms with Crippen molar-refractivity contribution in [1.29, 1.82) is 0 Å². The standard InChI is InChI=1S/C18H19FN2O2S/c1-11(22)13-9-16(24-10-13)18(23)20-15-7-8-21(2)17(15)12-3-5-14(19)6-4-12/h3-6,9-10,15,17H,7-8H2,1-2H3,(H,20,23). The van der Waals surface area contributed by atoms with Crippen molar-refractivity contribution >= 4 is 23.0 Å². The summed E-state index contributed by atoms with van der Waals surface area (Å²) in [6, 6.07) is 8.02. The van der Waals surface area contributed by atoms with Crippen molar-refractivity contribution in [2.24, 2.45) is 0 Å². The molecular formula is C18H19FN2O2S. The van der Waals surface area contributed by atoms with Gasteiger partial charge in [-0.2, -0.15) is 0 Å². The van der Waals surface area contributed by atoms with Crippen molar-refractivity contribution in [2.75, 3.05) is 13.6 Å². The lowest BCUT2D eigenvalue weighted by Crippen LogP contribution is -2.38. The van der Waals surface area contributed by atoms with Gasteiger partial charge < -0.3 is 5.32 Å². The number of nitrogens with one attached hydrogen (secondary N) is 1. The molecule has 0 spiro atoms. The van der Waals surface area contributed by atoms with Crippen molar-refractivity contribution in [3.8, 4) is 0 Å². The third-order valence-corrected chi connectivity index (χ3v) is 5.34. The molecule has 1 aliphatic heterocycles. The quantitative estimate of drug-likeness (QED) is 0.865. The van der Waals surface area contributed by atoms with Crippen LogP contribution >= 0.6 is 11.3 Å². The normalized spacial score (nSPS) is 21.0. The van der Waals surface area contributed by atoms with Crippen LogP contribution in [0.25, 0.3) is 0 Å². The Balaban J connectivity index is 1.76. The number of hydrogen-bond donors (Lipinski definition) is 1. The number of nitrogens with zero attached hydrogens (tertiary/aromatic N) is 1. The molecule has 0 aliphatic carbocycles. The van der Waals surface area contributed by atoms with Crippen molar-refractivity contribution in [2.45, 2.75) is 25.4 Å². The lowest BCUT2D eigenvalue weighted by molar-refractivity contribution is 0.0931. The Kier molecular flexibility index (Phi) is 4.78. The number of carbonyl (C=O) groups excluding carboxylic acids is 2. The van der Waals surface area contributed by atoms with Crippen LogP contribution in [-0.4, -0.2) is 36.2 Å². The van der Waals surface area contributed by atoms with Gasteiger partial charge in [0.05, 0.1) is 17.0 Å². The minimum Gasteiger partial charge on any atom is -0.347 e. The highest BCUT2D eigenvalue weighted by Crippen LogP contribution is 2.31. The highest BCUT2D eigenvalue weighted by molar-refractivity contribution is 7.12. The maximum absolute atomic E-state index is 13.2. The van der Waals surface area contributed by atoms with Crippen LogP contribution < -0.4 is 5.32 Å². The van der Waals surface area contributed by atoms with E-state index in [4.69, 9.17) is 0 Å². The lowest BCUT2D eigenvalue weighted by atomic mass is 10.00. The summed E-state index contributed by atoms with van der Waals surface area (Å²) >= 11 is 1.27. The van der Waals surface area contributed by atoms with E-state index in [0.29, 0.717) is 10.4 Å². The molecule has 1 aromatic carbocycles. The minimum absolute atomic E-state index is 0.0155. The van der Waals surface area contributed by atoms with Crippen molar-refractivity contribution in [1.82, 2.24) is 10.2 Å². The summed E-state index contributed by atoms with van der Waals surface area (Å²) in [6.45, 7) is 2.34. The highest BCUT2D eigenvalue weighted by Gasteiger charge is 2.34. The molecule has 1 saturated heterocycles. The van der Waals surface area contributed by atoms with E-state index < -0.39 is 0 Å². The molecule has 2 aromatic rings. The molecule has 1 N–H and O–H groups in total. The molecule has 0 radical (unpaired) electrons. The third-order valence-electron chi connectivity index (χ3n) is 4.41. The van der Waals surface area contributed by atoms with E-state index in [-0.39, 0.29) is 29.6 Å². The number of likely N-dealkylation sites (N-methyl/N-ethyl adjacent to an activating group) is 1.